The van der Waals surface area contributed by atoms with Crippen LogP contribution in [0.2, 0.25) is 0 Å². The maximum Gasteiger partial charge on any atom is 0.247 e. The first-order chi connectivity index (χ1) is 18.5. The smallest absolute Gasteiger partial charge is 0.247 e. The molecule has 4 aromatic rings. The number of nitrogens with one attached hydrogen (secondary N) is 3. The van der Waals surface area contributed by atoms with Crippen LogP contribution in [-0.2, 0) is 4.79 Å². The van der Waals surface area contributed by atoms with Gasteiger partial charge in [0, 0.05) is 28.9 Å². The number of fused-ring (bicyclic) bond motifs is 1. The average Bonchev–Trinajstić information content (AvgIpc) is 2.94. The lowest BCUT2D eigenvalue weighted by Crippen LogP contribution is -2.36. The molecule has 0 unspecified atom stereocenters. The van der Waals surface area contributed by atoms with E-state index in [0.717, 1.165) is 53.8 Å². The number of nitrogens with zero attached hydrogens (tertiary/aromatic N) is 4. The number of hydrogen-bond acceptors (Lipinski definition) is 8. The van der Waals surface area contributed by atoms with Gasteiger partial charge in [-0.25, -0.2) is 9.97 Å². The van der Waals surface area contributed by atoms with Crippen LogP contribution < -0.4 is 20.7 Å². The van der Waals surface area contributed by atoms with Gasteiger partial charge in [0.25, 0.3) is 0 Å². The summed E-state index contributed by atoms with van der Waals surface area (Å²) in [5, 5.41) is 10.5. The quantitative estimate of drug-likeness (QED) is 0.283. The molecule has 0 spiro atoms. The van der Waals surface area contributed by atoms with Crippen LogP contribution in [0.1, 0.15) is 12.8 Å². The molecule has 1 fully saturated rings. The molecule has 3 heterocycles. The molecule has 2 aromatic carbocycles. The van der Waals surface area contributed by atoms with Gasteiger partial charge in [-0.1, -0.05) is 36.9 Å². The van der Waals surface area contributed by atoms with Crippen molar-refractivity contribution < 1.29 is 9.53 Å². The Kier molecular flexibility index (Phi) is 7.46. The second-order valence-corrected chi connectivity index (χ2v) is 9.31. The number of carbonyl (C=O) groups is 1. The molecule has 9 nitrogen and oxygen atoms in total. The minimum absolute atomic E-state index is 0.260. The first-order valence-corrected chi connectivity index (χ1v) is 12.6. The zero-order valence-corrected chi connectivity index (χ0v) is 21.6. The van der Waals surface area contributed by atoms with Crippen LogP contribution in [0.5, 0.6) is 5.88 Å². The highest BCUT2D eigenvalue weighted by Crippen LogP contribution is 2.31. The van der Waals surface area contributed by atoms with Gasteiger partial charge in [0.05, 0.1) is 12.6 Å². The fourth-order valence-electron chi connectivity index (χ4n) is 4.56. The molecule has 9 heteroatoms. The Morgan fingerprint density at radius 2 is 1.92 bits per heavy atom. The number of amides is 1. The number of aromatic nitrogens is 3. The molecule has 0 bridgehead atoms. The summed E-state index contributed by atoms with van der Waals surface area (Å²) in [4.78, 5) is 28.1. The lowest BCUT2D eigenvalue weighted by atomic mass is 10.0. The number of para-hydroxylation sites is 1. The van der Waals surface area contributed by atoms with Crippen LogP contribution >= 0.6 is 0 Å². The lowest BCUT2D eigenvalue weighted by Gasteiger charge is -2.29. The zero-order valence-electron chi connectivity index (χ0n) is 21.6. The van der Waals surface area contributed by atoms with Gasteiger partial charge in [-0.3, -0.25) is 4.79 Å². The third-order valence-corrected chi connectivity index (χ3v) is 6.61. The fraction of sp³-hybridized carbons (Fsp3) is 0.241. The summed E-state index contributed by atoms with van der Waals surface area (Å²) < 4.78 is 5.58. The number of rotatable bonds is 8. The maximum absolute atomic E-state index is 11.8. The molecular formula is C29H31N7O2. The molecule has 1 aliphatic rings. The van der Waals surface area contributed by atoms with Gasteiger partial charge >= 0.3 is 0 Å². The van der Waals surface area contributed by atoms with E-state index < -0.39 is 0 Å². The molecule has 194 valence electrons. The van der Waals surface area contributed by atoms with Crippen molar-refractivity contribution in [3.63, 3.8) is 0 Å². The number of anilines is 4. The summed E-state index contributed by atoms with van der Waals surface area (Å²) in [6.07, 6.45) is 5.19. The minimum atomic E-state index is -0.260. The van der Waals surface area contributed by atoms with Crippen molar-refractivity contribution >= 4 is 40.0 Å². The Labute approximate surface area is 222 Å². The van der Waals surface area contributed by atoms with E-state index in [0.29, 0.717) is 29.2 Å². The van der Waals surface area contributed by atoms with E-state index in [1.807, 2.05) is 54.6 Å². The van der Waals surface area contributed by atoms with Crippen molar-refractivity contribution in [3.8, 4) is 17.0 Å². The monoisotopic (exact) mass is 509 g/mol. The Morgan fingerprint density at radius 1 is 1.11 bits per heavy atom. The van der Waals surface area contributed by atoms with E-state index in [-0.39, 0.29) is 5.91 Å². The minimum Gasteiger partial charge on any atom is -0.479 e. The van der Waals surface area contributed by atoms with Crippen molar-refractivity contribution in [2.45, 2.75) is 18.9 Å². The van der Waals surface area contributed by atoms with Gasteiger partial charge < -0.3 is 25.6 Å². The van der Waals surface area contributed by atoms with E-state index >= 15 is 0 Å². The predicted octanol–water partition coefficient (Wildman–Crippen LogP) is 5.07. The highest BCUT2D eigenvalue weighted by atomic mass is 16.5. The summed E-state index contributed by atoms with van der Waals surface area (Å²) >= 11 is 0. The molecule has 0 radical (unpaired) electrons. The van der Waals surface area contributed by atoms with Gasteiger partial charge in [-0.2, -0.15) is 4.98 Å². The number of piperidine rings is 1. The van der Waals surface area contributed by atoms with Crippen LogP contribution in [0.3, 0.4) is 0 Å². The average molecular weight is 510 g/mol. The Bertz CT molecular complexity index is 1460. The standard InChI is InChI=1S/C29H31N7O2/c1-4-26(37)32-22-9-5-7-19(17-22)23-10-6-8-20-18-30-29(35-27(20)23)33-24-11-12-25(34-28(24)38-3)31-21-13-15-36(2)16-14-21/h4-12,17-18,21H,1,13-16H2,2-3H3,(H,31,34)(H,32,37)(H,30,33,35). The lowest BCUT2D eigenvalue weighted by molar-refractivity contribution is -0.111. The molecule has 3 N–H and O–H groups in total. The fourth-order valence-corrected chi connectivity index (χ4v) is 4.56. The van der Waals surface area contributed by atoms with Gasteiger partial charge in [-0.15, -0.1) is 0 Å². The maximum atomic E-state index is 11.8. The second kappa shape index (κ2) is 11.3. The molecular weight excluding hydrogens is 478 g/mol. The number of carbonyl (C=O) groups excluding carboxylic acids is 1. The summed E-state index contributed by atoms with van der Waals surface area (Å²) in [7, 11) is 3.75. The van der Waals surface area contributed by atoms with Gasteiger partial charge in [0.2, 0.25) is 17.7 Å². The Morgan fingerprint density at radius 3 is 2.71 bits per heavy atom. The number of pyridine rings is 1. The number of hydrogen-bond donors (Lipinski definition) is 3. The van der Waals surface area contributed by atoms with Crippen molar-refractivity contribution in [2.24, 2.45) is 0 Å². The SMILES string of the molecule is C=CC(=O)Nc1cccc(-c2cccc3cnc(Nc4ccc(NC5CCN(C)CC5)nc4OC)nc23)c1. The van der Waals surface area contributed by atoms with Crippen LogP contribution in [-0.4, -0.2) is 59.0 Å². The van der Waals surface area contributed by atoms with Crippen molar-refractivity contribution in [1.29, 1.82) is 0 Å². The van der Waals surface area contributed by atoms with Crippen molar-refractivity contribution in [1.82, 2.24) is 19.9 Å². The first kappa shape index (κ1) is 25.2. The molecule has 1 saturated heterocycles. The van der Waals surface area contributed by atoms with E-state index in [2.05, 4.69) is 44.4 Å². The van der Waals surface area contributed by atoms with Crippen LogP contribution in [0.15, 0.2) is 73.4 Å². The third-order valence-electron chi connectivity index (χ3n) is 6.61. The van der Waals surface area contributed by atoms with E-state index in [1.165, 1.54) is 6.08 Å². The van der Waals surface area contributed by atoms with Crippen LogP contribution in [0.25, 0.3) is 22.0 Å². The van der Waals surface area contributed by atoms with Crippen molar-refractivity contribution in [3.05, 3.63) is 73.4 Å². The Balaban J connectivity index is 1.40. The summed E-state index contributed by atoms with van der Waals surface area (Å²) in [6, 6.07) is 17.8. The number of methoxy groups -OCH3 is 1. The molecule has 0 aliphatic carbocycles. The topological polar surface area (TPSA) is 104 Å². The molecule has 1 amide bonds. The van der Waals surface area contributed by atoms with Gasteiger partial charge in [0.1, 0.15) is 11.5 Å². The van der Waals surface area contributed by atoms with E-state index in [1.54, 1.807) is 13.3 Å². The predicted molar refractivity (Wildman–Crippen MR) is 152 cm³/mol. The highest BCUT2D eigenvalue weighted by Gasteiger charge is 2.18. The molecule has 0 saturated carbocycles. The van der Waals surface area contributed by atoms with E-state index in [9.17, 15) is 4.79 Å². The van der Waals surface area contributed by atoms with Crippen LogP contribution in [0, 0.1) is 0 Å². The molecule has 0 atom stereocenters. The third kappa shape index (κ3) is 5.73. The molecule has 38 heavy (non-hydrogen) atoms. The summed E-state index contributed by atoms with van der Waals surface area (Å²) in [6.45, 7) is 5.66. The normalized spacial score (nSPS) is 14.2. The first-order valence-electron chi connectivity index (χ1n) is 12.6. The summed E-state index contributed by atoms with van der Waals surface area (Å²) in [5.41, 5.74) is 3.98. The number of likely N-dealkylation sites (tertiary alicyclic amines) is 1. The molecule has 5 rings (SSSR count). The van der Waals surface area contributed by atoms with Gasteiger partial charge in [0.15, 0.2) is 0 Å². The Hall–Kier alpha value is -4.50. The largest absolute Gasteiger partial charge is 0.479 e. The number of benzene rings is 2. The second-order valence-electron chi connectivity index (χ2n) is 9.31. The zero-order chi connectivity index (χ0) is 26.5. The van der Waals surface area contributed by atoms with E-state index in [4.69, 9.17) is 9.72 Å². The van der Waals surface area contributed by atoms with Crippen LogP contribution in [0.4, 0.5) is 23.1 Å². The van der Waals surface area contributed by atoms with Gasteiger partial charge in [-0.05, 0) is 68.9 Å². The molecule has 2 aromatic heterocycles. The van der Waals surface area contributed by atoms with Crippen molar-refractivity contribution in [2.75, 3.05) is 43.2 Å². The highest BCUT2D eigenvalue weighted by molar-refractivity contribution is 6.00. The number of ether oxygens (including phenoxy) is 1. The summed E-state index contributed by atoms with van der Waals surface area (Å²) in [5.74, 6) is 1.42. The molecule has 1 aliphatic heterocycles.